The molecule has 1 aromatic rings. The third-order valence-electron chi connectivity index (χ3n) is 3.70. The molecule has 0 aliphatic carbocycles. The minimum Gasteiger partial charge on any atom is -0.398 e. The number of carbonyl (C=O) groups excluding carboxylic acids is 1. The fraction of sp³-hybridized carbons (Fsp3) is 0.533. The van der Waals surface area contributed by atoms with E-state index in [0.29, 0.717) is 24.3 Å². The van der Waals surface area contributed by atoms with E-state index in [1.54, 1.807) is 6.07 Å². The number of nitrogens with two attached hydrogens (primary N) is 1. The Kier molecular flexibility index (Phi) is 4.98. The molecule has 2 rings (SSSR count). The zero-order valence-electron chi connectivity index (χ0n) is 12.0. The molecular formula is C15H23N3O2. The maximum absolute atomic E-state index is 12.0. The number of likely N-dealkylation sites (N-methyl/N-ethyl adjacent to an activating group) is 1. The summed E-state index contributed by atoms with van der Waals surface area (Å²) in [6, 6.07) is 7.28. The zero-order valence-corrected chi connectivity index (χ0v) is 12.0. The molecular weight excluding hydrogens is 254 g/mol. The quantitative estimate of drug-likeness (QED) is 0.783. The van der Waals surface area contributed by atoms with Crippen LogP contribution in [0.25, 0.3) is 0 Å². The van der Waals surface area contributed by atoms with E-state index >= 15 is 0 Å². The summed E-state index contributed by atoms with van der Waals surface area (Å²) in [5.74, 6) is 0.137. The predicted octanol–water partition coefficient (Wildman–Crippen LogP) is 0.856. The van der Waals surface area contributed by atoms with E-state index in [9.17, 15) is 9.90 Å². The lowest BCUT2D eigenvalue weighted by atomic mass is 10.1. The van der Waals surface area contributed by atoms with Crippen LogP contribution in [-0.4, -0.2) is 54.0 Å². The van der Waals surface area contributed by atoms with Crippen LogP contribution in [-0.2, 0) is 4.79 Å². The summed E-state index contributed by atoms with van der Waals surface area (Å²) in [4.78, 5) is 15.8. The largest absolute Gasteiger partial charge is 0.398 e. The Labute approximate surface area is 120 Å². The van der Waals surface area contributed by atoms with Gasteiger partial charge in [0.05, 0.1) is 12.6 Å². The van der Waals surface area contributed by atoms with Gasteiger partial charge in [0.15, 0.2) is 0 Å². The topological polar surface area (TPSA) is 69.8 Å². The van der Waals surface area contributed by atoms with Gasteiger partial charge >= 0.3 is 0 Å². The number of likely N-dealkylation sites (tertiary alicyclic amines) is 1. The van der Waals surface area contributed by atoms with Crippen molar-refractivity contribution < 1.29 is 9.90 Å². The molecule has 0 radical (unpaired) electrons. The monoisotopic (exact) mass is 277 g/mol. The van der Waals surface area contributed by atoms with Gasteiger partial charge in [-0.05, 0) is 26.0 Å². The number of para-hydroxylation sites is 1. The second-order valence-corrected chi connectivity index (χ2v) is 5.43. The number of hydrogen-bond donors (Lipinski definition) is 2. The van der Waals surface area contributed by atoms with Crippen LogP contribution in [0.15, 0.2) is 24.3 Å². The first-order valence-electron chi connectivity index (χ1n) is 7.06. The molecule has 1 fully saturated rings. The van der Waals surface area contributed by atoms with Crippen molar-refractivity contribution in [1.82, 2.24) is 9.80 Å². The molecule has 5 heteroatoms. The number of amides is 1. The Hall–Kier alpha value is -1.59. The highest BCUT2D eigenvalue weighted by Gasteiger charge is 2.20. The van der Waals surface area contributed by atoms with Gasteiger partial charge in [-0.15, -0.1) is 0 Å². The average Bonchev–Trinajstić information content (AvgIpc) is 2.92. The molecule has 1 aliphatic rings. The van der Waals surface area contributed by atoms with E-state index in [2.05, 4.69) is 0 Å². The summed E-state index contributed by atoms with van der Waals surface area (Å²) in [5, 5.41) is 10.2. The number of nitrogen functional groups attached to an aromatic ring is 1. The van der Waals surface area contributed by atoms with Crippen molar-refractivity contribution in [3.63, 3.8) is 0 Å². The van der Waals surface area contributed by atoms with Crippen molar-refractivity contribution in [2.45, 2.75) is 18.9 Å². The van der Waals surface area contributed by atoms with Gasteiger partial charge in [0.25, 0.3) is 0 Å². The van der Waals surface area contributed by atoms with Crippen LogP contribution in [0.5, 0.6) is 0 Å². The molecule has 1 unspecified atom stereocenters. The van der Waals surface area contributed by atoms with Crippen LogP contribution in [0.1, 0.15) is 24.5 Å². The van der Waals surface area contributed by atoms with Crippen LogP contribution < -0.4 is 5.73 Å². The van der Waals surface area contributed by atoms with Gasteiger partial charge in [0.2, 0.25) is 5.91 Å². The molecule has 0 bridgehead atoms. The van der Waals surface area contributed by atoms with E-state index in [0.717, 1.165) is 25.9 Å². The number of rotatable bonds is 5. The SMILES string of the molecule is CN(CC(=O)N1CCCC1)CC(O)c1ccccc1N. The molecule has 1 heterocycles. The lowest BCUT2D eigenvalue weighted by Gasteiger charge is -2.23. The Morgan fingerprint density at radius 3 is 2.70 bits per heavy atom. The molecule has 1 saturated heterocycles. The maximum Gasteiger partial charge on any atom is 0.236 e. The van der Waals surface area contributed by atoms with Crippen LogP contribution in [0.2, 0.25) is 0 Å². The van der Waals surface area contributed by atoms with Crippen molar-refractivity contribution in [3.05, 3.63) is 29.8 Å². The van der Waals surface area contributed by atoms with Gasteiger partial charge in [-0.3, -0.25) is 9.69 Å². The molecule has 20 heavy (non-hydrogen) atoms. The van der Waals surface area contributed by atoms with Gasteiger partial charge in [-0.2, -0.15) is 0 Å². The predicted molar refractivity (Wildman–Crippen MR) is 79.1 cm³/mol. The van der Waals surface area contributed by atoms with Gasteiger partial charge in [-0.1, -0.05) is 18.2 Å². The number of benzene rings is 1. The molecule has 110 valence electrons. The first-order chi connectivity index (χ1) is 9.58. The minimum absolute atomic E-state index is 0.137. The van der Waals surface area contributed by atoms with Crippen molar-refractivity contribution in [2.24, 2.45) is 0 Å². The van der Waals surface area contributed by atoms with Crippen LogP contribution >= 0.6 is 0 Å². The summed E-state index contributed by atoms with van der Waals surface area (Å²) >= 11 is 0. The van der Waals surface area contributed by atoms with Crippen LogP contribution in [0, 0.1) is 0 Å². The molecule has 0 saturated carbocycles. The smallest absolute Gasteiger partial charge is 0.236 e. The summed E-state index contributed by atoms with van der Waals surface area (Å²) < 4.78 is 0. The summed E-state index contributed by atoms with van der Waals surface area (Å²) in [5.41, 5.74) is 7.14. The molecule has 1 aliphatic heterocycles. The standard InChI is InChI=1S/C15H23N3O2/c1-17(11-15(20)18-8-4-5-9-18)10-14(19)12-6-2-3-7-13(12)16/h2-3,6-7,14,19H,4-5,8-11,16H2,1H3. The van der Waals surface area contributed by atoms with E-state index in [1.807, 2.05) is 35.0 Å². The zero-order chi connectivity index (χ0) is 14.5. The van der Waals surface area contributed by atoms with Gasteiger partial charge in [-0.25, -0.2) is 0 Å². The summed E-state index contributed by atoms with van der Waals surface area (Å²) in [6.45, 7) is 2.46. The van der Waals surface area contributed by atoms with Crippen molar-refractivity contribution in [1.29, 1.82) is 0 Å². The highest BCUT2D eigenvalue weighted by molar-refractivity contribution is 5.78. The van der Waals surface area contributed by atoms with Crippen molar-refractivity contribution in [3.8, 4) is 0 Å². The second-order valence-electron chi connectivity index (χ2n) is 5.43. The number of aliphatic hydroxyl groups is 1. The molecule has 1 aromatic carbocycles. The summed E-state index contributed by atoms with van der Waals surface area (Å²) in [6.07, 6.45) is 1.52. The van der Waals surface area contributed by atoms with E-state index in [4.69, 9.17) is 5.73 Å². The Balaban J connectivity index is 1.86. The minimum atomic E-state index is -0.674. The first-order valence-corrected chi connectivity index (χ1v) is 7.06. The second kappa shape index (κ2) is 6.72. The average molecular weight is 277 g/mol. The van der Waals surface area contributed by atoms with Crippen LogP contribution in [0.3, 0.4) is 0 Å². The van der Waals surface area contributed by atoms with E-state index in [-0.39, 0.29) is 5.91 Å². The number of aliphatic hydroxyl groups excluding tert-OH is 1. The lowest BCUT2D eigenvalue weighted by molar-refractivity contribution is -0.131. The fourth-order valence-corrected chi connectivity index (χ4v) is 2.57. The van der Waals surface area contributed by atoms with Gasteiger partial charge < -0.3 is 15.7 Å². The number of nitrogens with zero attached hydrogens (tertiary/aromatic N) is 2. The highest BCUT2D eigenvalue weighted by Crippen LogP contribution is 2.20. The van der Waals surface area contributed by atoms with E-state index < -0.39 is 6.10 Å². The number of carbonyl (C=O) groups is 1. The van der Waals surface area contributed by atoms with Crippen molar-refractivity contribution in [2.75, 3.05) is 39.0 Å². The Morgan fingerprint density at radius 2 is 2.05 bits per heavy atom. The third kappa shape index (κ3) is 3.71. The highest BCUT2D eigenvalue weighted by atomic mass is 16.3. The normalized spacial score (nSPS) is 16.6. The Morgan fingerprint density at radius 1 is 1.40 bits per heavy atom. The first kappa shape index (κ1) is 14.8. The van der Waals surface area contributed by atoms with Crippen LogP contribution in [0.4, 0.5) is 5.69 Å². The third-order valence-corrected chi connectivity index (χ3v) is 3.70. The van der Waals surface area contributed by atoms with E-state index in [1.165, 1.54) is 0 Å². The molecule has 1 amide bonds. The Bertz CT molecular complexity index is 458. The van der Waals surface area contributed by atoms with Gasteiger partial charge in [0, 0.05) is 30.9 Å². The number of hydrogen-bond acceptors (Lipinski definition) is 4. The molecule has 0 aromatic heterocycles. The molecule has 0 spiro atoms. The number of anilines is 1. The molecule has 5 nitrogen and oxygen atoms in total. The summed E-state index contributed by atoms with van der Waals surface area (Å²) in [7, 11) is 1.84. The maximum atomic E-state index is 12.0. The molecule has 3 N–H and O–H groups in total. The lowest BCUT2D eigenvalue weighted by Crippen LogP contribution is -2.38. The molecule has 1 atom stereocenters. The van der Waals surface area contributed by atoms with Gasteiger partial charge in [0.1, 0.15) is 0 Å². The fourth-order valence-electron chi connectivity index (χ4n) is 2.57. The van der Waals surface area contributed by atoms with Crippen molar-refractivity contribution >= 4 is 11.6 Å².